The number of carbonyl (C=O) groups excluding carboxylic acids is 2. The standard InChI is InChI=1S/C20H28N2O2/c1-17(23)22(15-13-19-10-6-3-7-11-19)16-20(24)21-14-12-18-8-4-2-5-9-18/h2,4-5,8-10H,3,6-7,11-16H2,1H3,(H,21,24). The smallest absolute Gasteiger partial charge is 0.239 e. The van der Waals surface area contributed by atoms with Crippen molar-refractivity contribution in [2.24, 2.45) is 0 Å². The molecule has 0 saturated heterocycles. The zero-order chi connectivity index (χ0) is 17.2. The Morgan fingerprint density at radius 1 is 1.12 bits per heavy atom. The van der Waals surface area contributed by atoms with Crippen molar-refractivity contribution in [3.8, 4) is 0 Å². The molecule has 24 heavy (non-hydrogen) atoms. The van der Waals surface area contributed by atoms with Crippen LogP contribution in [-0.4, -0.2) is 36.3 Å². The van der Waals surface area contributed by atoms with Crippen LogP contribution in [0.1, 0.15) is 44.6 Å². The molecule has 130 valence electrons. The number of carbonyl (C=O) groups is 2. The van der Waals surface area contributed by atoms with E-state index in [1.54, 1.807) is 4.90 Å². The van der Waals surface area contributed by atoms with E-state index in [0.29, 0.717) is 13.1 Å². The highest BCUT2D eigenvalue weighted by Crippen LogP contribution is 2.20. The van der Waals surface area contributed by atoms with E-state index in [2.05, 4.69) is 11.4 Å². The predicted molar refractivity (Wildman–Crippen MR) is 96.6 cm³/mol. The Labute approximate surface area is 144 Å². The van der Waals surface area contributed by atoms with Gasteiger partial charge in [0.2, 0.25) is 11.8 Å². The summed E-state index contributed by atoms with van der Waals surface area (Å²) in [5.41, 5.74) is 2.63. The molecule has 4 heteroatoms. The van der Waals surface area contributed by atoms with E-state index < -0.39 is 0 Å². The second-order valence-electron chi connectivity index (χ2n) is 6.38. The Morgan fingerprint density at radius 2 is 1.92 bits per heavy atom. The quantitative estimate of drug-likeness (QED) is 0.746. The van der Waals surface area contributed by atoms with E-state index in [1.165, 1.54) is 30.9 Å². The highest BCUT2D eigenvalue weighted by molar-refractivity contribution is 5.83. The SMILES string of the molecule is CC(=O)N(CCC1=CCCCC1)CC(=O)NCCc1ccccc1. The van der Waals surface area contributed by atoms with Crippen LogP contribution in [0.5, 0.6) is 0 Å². The van der Waals surface area contributed by atoms with Gasteiger partial charge in [0.1, 0.15) is 0 Å². The summed E-state index contributed by atoms with van der Waals surface area (Å²) in [5.74, 6) is -0.122. The lowest BCUT2D eigenvalue weighted by Crippen LogP contribution is -2.40. The predicted octanol–water partition coefficient (Wildman–Crippen LogP) is 3.08. The molecule has 0 radical (unpaired) electrons. The summed E-state index contributed by atoms with van der Waals surface area (Å²) in [5, 5.41) is 2.91. The summed E-state index contributed by atoms with van der Waals surface area (Å²) in [6.45, 7) is 2.91. The Bertz CT molecular complexity index is 566. The zero-order valence-corrected chi connectivity index (χ0v) is 14.6. The number of hydrogen-bond acceptors (Lipinski definition) is 2. The number of hydrogen-bond donors (Lipinski definition) is 1. The van der Waals surface area contributed by atoms with Crippen LogP contribution < -0.4 is 5.32 Å². The van der Waals surface area contributed by atoms with Gasteiger partial charge in [-0.05, 0) is 44.1 Å². The topological polar surface area (TPSA) is 49.4 Å². The van der Waals surface area contributed by atoms with Gasteiger partial charge in [0, 0.05) is 20.0 Å². The molecule has 0 bridgehead atoms. The third-order valence-corrected chi connectivity index (χ3v) is 4.45. The second-order valence-corrected chi connectivity index (χ2v) is 6.38. The summed E-state index contributed by atoms with van der Waals surface area (Å²) in [4.78, 5) is 25.5. The van der Waals surface area contributed by atoms with E-state index in [0.717, 1.165) is 25.7 Å². The normalized spacial score (nSPS) is 14.0. The molecule has 2 amide bonds. The van der Waals surface area contributed by atoms with E-state index in [1.807, 2.05) is 30.3 Å². The molecular formula is C20H28N2O2. The van der Waals surface area contributed by atoms with Gasteiger partial charge in [-0.25, -0.2) is 0 Å². The van der Waals surface area contributed by atoms with Crippen molar-refractivity contribution in [3.05, 3.63) is 47.5 Å². The summed E-state index contributed by atoms with van der Waals surface area (Å²) < 4.78 is 0. The van der Waals surface area contributed by atoms with Crippen LogP contribution >= 0.6 is 0 Å². The number of amides is 2. The highest BCUT2D eigenvalue weighted by Gasteiger charge is 2.14. The molecule has 0 atom stereocenters. The van der Waals surface area contributed by atoms with Gasteiger partial charge in [-0.3, -0.25) is 9.59 Å². The van der Waals surface area contributed by atoms with Gasteiger partial charge < -0.3 is 10.2 Å². The first-order valence-corrected chi connectivity index (χ1v) is 8.89. The molecule has 0 aromatic heterocycles. The van der Waals surface area contributed by atoms with Gasteiger partial charge in [-0.1, -0.05) is 42.0 Å². The largest absolute Gasteiger partial charge is 0.354 e. The molecule has 0 aliphatic heterocycles. The summed E-state index contributed by atoms with van der Waals surface area (Å²) in [6.07, 6.45) is 8.78. The van der Waals surface area contributed by atoms with E-state index in [-0.39, 0.29) is 18.4 Å². The maximum Gasteiger partial charge on any atom is 0.239 e. The van der Waals surface area contributed by atoms with Crippen molar-refractivity contribution >= 4 is 11.8 Å². The molecule has 0 saturated carbocycles. The first kappa shape index (κ1) is 18.2. The Morgan fingerprint density at radius 3 is 2.58 bits per heavy atom. The minimum absolute atomic E-state index is 0.0374. The van der Waals surface area contributed by atoms with Gasteiger partial charge >= 0.3 is 0 Å². The third-order valence-electron chi connectivity index (χ3n) is 4.45. The van der Waals surface area contributed by atoms with Gasteiger partial charge in [0.25, 0.3) is 0 Å². The Kier molecular flexibility index (Phi) is 7.53. The lowest BCUT2D eigenvalue weighted by molar-refractivity contribution is -0.134. The van der Waals surface area contributed by atoms with Crippen LogP contribution in [0.4, 0.5) is 0 Å². The first-order valence-electron chi connectivity index (χ1n) is 8.89. The molecular weight excluding hydrogens is 300 g/mol. The Hall–Kier alpha value is -2.10. The monoisotopic (exact) mass is 328 g/mol. The fraction of sp³-hybridized carbons (Fsp3) is 0.500. The zero-order valence-electron chi connectivity index (χ0n) is 14.6. The third kappa shape index (κ3) is 6.57. The van der Waals surface area contributed by atoms with Crippen molar-refractivity contribution in [1.82, 2.24) is 10.2 Å². The van der Waals surface area contributed by atoms with E-state index in [4.69, 9.17) is 0 Å². The maximum absolute atomic E-state index is 12.1. The van der Waals surface area contributed by atoms with Crippen LogP contribution in [0.3, 0.4) is 0 Å². The summed E-state index contributed by atoms with van der Waals surface area (Å²) in [7, 11) is 0. The van der Waals surface area contributed by atoms with Gasteiger partial charge in [0.05, 0.1) is 6.54 Å². The van der Waals surface area contributed by atoms with Crippen LogP contribution in [-0.2, 0) is 16.0 Å². The van der Waals surface area contributed by atoms with Crippen molar-refractivity contribution in [3.63, 3.8) is 0 Å². The number of allylic oxidation sites excluding steroid dienone is 1. The molecule has 1 aliphatic carbocycles. The lowest BCUT2D eigenvalue weighted by atomic mass is 9.97. The molecule has 2 rings (SSSR count). The molecule has 1 aromatic carbocycles. The highest BCUT2D eigenvalue weighted by atomic mass is 16.2. The fourth-order valence-corrected chi connectivity index (χ4v) is 2.98. The maximum atomic E-state index is 12.1. The van der Waals surface area contributed by atoms with Gasteiger partial charge in [-0.2, -0.15) is 0 Å². The molecule has 0 heterocycles. The second kappa shape index (κ2) is 9.91. The lowest BCUT2D eigenvalue weighted by Gasteiger charge is -2.22. The molecule has 0 fully saturated rings. The Balaban J connectivity index is 1.71. The number of nitrogens with one attached hydrogen (secondary N) is 1. The molecule has 1 N–H and O–H groups in total. The van der Waals surface area contributed by atoms with Crippen LogP contribution in [0, 0.1) is 0 Å². The van der Waals surface area contributed by atoms with Crippen molar-refractivity contribution in [2.45, 2.75) is 45.4 Å². The fourth-order valence-electron chi connectivity index (χ4n) is 2.98. The van der Waals surface area contributed by atoms with E-state index >= 15 is 0 Å². The first-order chi connectivity index (χ1) is 11.6. The minimum atomic E-state index is -0.0845. The average molecular weight is 328 g/mol. The number of benzene rings is 1. The number of rotatable bonds is 8. The van der Waals surface area contributed by atoms with Crippen molar-refractivity contribution in [1.29, 1.82) is 0 Å². The minimum Gasteiger partial charge on any atom is -0.354 e. The molecule has 1 aliphatic rings. The van der Waals surface area contributed by atoms with Crippen LogP contribution in [0.2, 0.25) is 0 Å². The summed E-state index contributed by atoms with van der Waals surface area (Å²) in [6, 6.07) is 10.1. The van der Waals surface area contributed by atoms with Crippen molar-refractivity contribution < 1.29 is 9.59 Å². The van der Waals surface area contributed by atoms with Gasteiger partial charge in [-0.15, -0.1) is 0 Å². The van der Waals surface area contributed by atoms with E-state index in [9.17, 15) is 9.59 Å². The molecule has 1 aromatic rings. The molecule has 0 unspecified atom stereocenters. The average Bonchev–Trinajstić information content (AvgIpc) is 2.60. The molecule has 4 nitrogen and oxygen atoms in total. The van der Waals surface area contributed by atoms with Crippen molar-refractivity contribution in [2.75, 3.05) is 19.6 Å². The van der Waals surface area contributed by atoms with Crippen LogP contribution in [0.15, 0.2) is 42.0 Å². The molecule has 0 spiro atoms. The number of nitrogens with zero attached hydrogens (tertiary/aromatic N) is 1. The van der Waals surface area contributed by atoms with Crippen LogP contribution in [0.25, 0.3) is 0 Å². The van der Waals surface area contributed by atoms with Gasteiger partial charge in [0.15, 0.2) is 0 Å². The summed E-state index contributed by atoms with van der Waals surface area (Å²) >= 11 is 0.